The van der Waals surface area contributed by atoms with E-state index in [2.05, 4.69) is 53.4 Å². The van der Waals surface area contributed by atoms with Crippen LogP contribution >= 0.6 is 0 Å². The van der Waals surface area contributed by atoms with Crippen LogP contribution in [0.15, 0.2) is 42.5 Å². The van der Waals surface area contributed by atoms with Gasteiger partial charge in [-0.15, -0.1) is 0 Å². The number of allylic oxidation sites excluding steroid dienone is 8. The van der Waals surface area contributed by atoms with E-state index in [-0.39, 0.29) is 0 Å². The Balaban J connectivity index is 2.50. The average molecular weight is 296 g/mol. The van der Waals surface area contributed by atoms with E-state index < -0.39 is 17.4 Å². The first-order valence-electron chi connectivity index (χ1n) is 5.70. The van der Waals surface area contributed by atoms with E-state index in [1.807, 2.05) is 0 Å². The summed E-state index contributed by atoms with van der Waals surface area (Å²) in [4.78, 5) is 0. The van der Waals surface area contributed by atoms with Crippen molar-refractivity contribution in [1.82, 2.24) is 0 Å². The molecule has 2 heteroatoms. The van der Waals surface area contributed by atoms with Crippen LogP contribution < -0.4 is 0 Å². The number of hydrogen-bond acceptors (Lipinski definition) is 0. The Labute approximate surface area is 95.3 Å². The van der Waals surface area contributed by atoms with Crippen LogP contribution in [0.3, 0.4) is 0 Å². The molecule has 0 aromatic rings. The monoisotopic (exact) mass is 294 g/mol. The van der Waals surface area contributed by atoms with Crippen molar-refractivity contribution < 1.29 is 17.4 Å². The summed E-state index contributed by atoms with van der Waals surface area (Å²) in [6.45, 7) is 4.62. The summed E-state index contributed by atoms with van der Waals surface area (Å²) in [5.41, 5.74) is 1.55. The molecule has 0 spiro atoms. The van der Waals surface area contributed by atoms with Crippen LogP contribution in [0.5, 0.6) is 0 Å². The fourth-order valence-electron chi connectivity index (χ4n) is 2.81. The Kier molecular flexibility index (Phi) is 2.72. The van der Waals surface area contributed by atoms with Gasteiger partial charge in [-0.2, -0.15) is 0 Å². The Morgan fingerprint density at radius 1 is 1.20 bits per heavy atom. The molecule has 0 aliphatic heterocycles. The molecule has 0 aromatic carbocycles. The van der Waals surface area contributed by atoms with Gasteiger partial charge in [0.25, 0.3) is 0 Å². The van der Waals surface area contributed by atoms with Gasteiger partial charge in [0, 0.05) is 0 Å². The average Bonchev–Trinajstić information content (AvgIpc) is 2.70. The zero-order chi connectivity index (χ0) is 11.1. The van der Waals surface area contributed by atoms with Crippen LogP contribution in [-0.2, 0) is 17.4 Å². The predicted molar refractivity (Wildman–Crippen MR) is 68.6 cm³/mol. The normalized spacial score (nSPS) is 21.5. The van der Waals surface area contributed by atoms with Crippen molar-refractivity contribution in [2.24, 2.45) is 0 Å². The minimum absolute atomic E-state index is 1.21. The van der Waals surface area contributed by atoms with E-state index in [4.69, 9.17) is 0 Å². The first kappa shape index (κ1) is 11.5. The summed E-state index contributed by atoms with van der Waals surface area (Å²) in [5.74, 6) is 0. The molecular weight excluding hydrogens is 275 g/mol. The third-order valence-electron chi connectivity index (χ3n) is 3.93. The molecule has 2 aliphatic carbocycles. The van der Waals surface area contributed by atoms with Crippen molar-refractivity contribution in [2.45, 2.75) is 29.0 Å². The molecular formula is C13H20SiZr. The summed E-state index contributed by atoms with van der Waals surface area (Å²) in [7, 11) is 0. The Bertz CT molecular complexity index is 481. The van der Waals surface area contributed by atoms with Crippen molar-refractivity contribution in [2.75, 3.05) is 0 Å². The van der Waals surface area contributed by atoms with Gasteiger partial charge < -0.3 is 0 Å². The van der Waals surface area contributed by atoms with Crippen LogP contribution in [0, 0.1) is 0 Å². The molecule has 2 aliphatic rings. The fraction of sp³-hybridized carbons (Fsp3) is 0.385. The molecule has 0 heterocycles. The fourth-order valence-corrected chi connectivity index (χ4v) is 16.5. The molecule has 0 radical (unpaired) electrons. The van der Waals surface area contributed by atoms with Gasteiger partial charge in [0.2, 0.25) is 0 Å². The van der Waals surface area contributed by atoms with E-state index >= 15 is 0 Å². The van der Waals surface area contributed by atoms with Crippen LogP contribution in [-0.4, -0.2) is 6.88 Å². The molecule has 0 saturated heterocycles. The van der Waals surface area contributed by atoms with Crippen molar-refractivity contribution in [3.63, 3.8) is 0 Å². The minimum atomic E-state index is -2.69. The molecule has 0 N–H and O–H groups in total. The number of rotatable bonds is 2. The maximum atomic E-state index is 2.59. The van der Waals surface area contributed by atoms with Crippen molar-refractivity contribution in [1.29, 1.82) is 0 Å². The quantitative estimate of drug-likeness (QED) is 0.685. The molecule has 0 bridgehead atoms. The molecule has 0 aromatic heterocycles. The van der Waals surface area contributed by atoms with E-state index in [0.29, 0.717) is 0 Å². The van der Waals surface area contributed by atoms with Gasteiger partial charge in [0.15, 0.2) is 0 Å². The summed E-state index contributed by atoms with van der Waals surface area (Å²) in [5, 5.41) is 0. The van der Waals surface area contributed by atoms with Gasteiger partial charge in [-0.05, 0) is 0 Å². The summed E-state index contributed by atoms with van der Waals surface area (Å²) < 4.78 is 8.73. The second-order valence-electron chi connectivity index (χ2n) is 5.78. The van der Waals surface area contributed by atoms with Gasteiger partial charge in [-0.3, -0.25) is 0 Å². The van der Waals surface area contributed by atoms with Gasteiger partial charge in [-0.25, -0.2) is 0 Å². The molecule has 0 amide bonds. The number of hydrogen-bond donors (Lipinski definition) is 0. The second-order valence-corrected chi connectivity index (χ2v) is 34.6. The van der Waals surface area contributed by atoms with E-state index in [9.17, 15) is 0 Å². The van der Waals surface area contributed by atoms with Gasteiger partial charge in [0.05, 0.1) is 0 Å². The zero-order valence-corrected chi connectivity index (χ0v) is 13.9. The van der Waals surface area contributed by atoms with Gasteiger partial charge >= 0.3 is 95.8 Å². The Morgan fingerprint density at radius 2 is 1.93 bits per heavy atom. The van der Waals surface area contributed by atoms with Crippen LogP contribution in [0.2, 0.25) is 9.26 Å². The topological polar surface area (TPSA) is 0 Å². The van der Waals surface area contributed by atoms with Crippen molar-refractivity contribution in [3.8, 4) is 0 Å². The van der Waals surface area contributed by atoms with E-state index in [1.54, 1.807) is 12.1 Å². The molecule has 0 fully saturated rings. The van der Waals surface area contributed by atoms with Gasteiger partial charge in [0.1, 0.15) is 0 Å². The second kappa shape index (κ2) is 3.53. The van der Waals surface area contributed by atoms with E-state index in [1.165, 1.54) is 12.8 Å². The van der Waals surface area contributed by atoms with Crippen LogP contribution in [0.4, 0.5) is 0 Å². The van der Waals surface area contributed by atoms with Crippen molar-refractivity contribution >= 4 is 6.88 Å². The molecule has 15 heavy (non-hydrogen) atoms. The molecule has 2 rings (SSSR count). The summed E-state index contributed by atoms with van der Waals surface area (Å²) in [6.07, 6.45) is 14.0. The summed E-state index contributed by atoms with van der Waals surface area (Å²) in [6, 6.07) is 0. The van der Waals surface area contributed by atoms with Crippen LogP contribution in [0.1, 0.15) is 19.8 Å². The Morgan fingerprint density at radius 3 is 2.40 bits per heavy atom. The standard InChI is InChI=1S/C6H7.C5H5.2CH3.H2Si.Zr/c1-6-4-2-3-5-6;1-2-4-5-3-1;;;;/h2,4H,3H2,1H3;1-3H,4H2;2*1H3;1H2;. The molecule has 80 valence electrons. The third kappa shape index (κ3) is 1.87. The zero-order valence-electron chi connectivity index (χ0n) is 10.0. The van der Waals surface area contributed by atoms with Crippen LogP contribution in [0.25, 0.3) is 0 Å². The maximum absolute atomic E-state index is 2.69. The SMILES string of the molecule is CC1=[C]([Zr]([CH3])([CH3])(=[SiH2])[C]2=CC=CC2)CC=C1. The Hall–Kier alpha value is 0.0600. The first-order chi connectivity index (χ1) is 6.90. The summed E-state index contributed by atoms with van der Waals surface area (Å²) >= 11 is -2.69. The third-order valence-corrected chi connectivity index (χ3v) is 21.3. The van der Waals surface area contributed by atoms with E-state index in [0.717, 1.165) is 0 Å². The van der Waals surface area contributed by atoms with Gasteiger partial charge in [-0.1, -0.05) is 0 Å². The molecule has 0 nitrogen and oxygen atoms in total. The molecule has 0 unspecified atom stereocenters. The first-order valence-corrected chi connectivity index (χ1v) is 19.0. The predicted octanol–water partition coefficient (Wildman–Crippen LogP) is 3.40. The molecule has 0 atom stereocenters. The molecule has 0 saturated carbocycles. The van der Waals surface area contributed by atoms with Crippen molar-refractivity contribution in [3.05, 3.63) is 42.5 Å².